The molecular weight excluding hydrogens is 227 g/mol. The van der Waals surface area contributed by atoms with E-state index in [1.807, 2.05) is 0 Å². The van der Waals surface area contributed by atoms with Crippen LogP contribution in [0.2, 0.25) is 12.6 Å². The standard InChI is InChI=1S/C12H13BN4O/c1-18-12-7-10(8-14)6-11(16-12)17-4-2-13(9-15)3-5-17/h6-7H,2-5H2,1H3. The van der Waals surface area contributed by atoms with E-state index in [1.54, 1.807) is 12.1 Å². The molecule has 0 bridgehead atoms. The fraction of sp³-hybridized carbons (Fsp3) is 0.417. The van der Waals surface area contributed by atoms with Gasteiger partial charge >= 0.3 is 0 Å². The summed E-state index contributed by atoms with van der Waals surface area (Å²) in [6.45, 7) is 1.73. The van der Waals surface area contributed by atoms with Crippen LogP contribution in [0.5, 0.6) is 5.88 Å². The summed E-state index contributed by atoms with van der Waals surface area (Å²) in [6.07, 6.45) is 1.69. The molecule has 18 heavy (non-hydrogen) atoms. The Morgan fingerprint density at radius 1 is 1.33 bits per heavy atom. The van der Waals surface area contributed by atoms with Gasteiger partial charge in [0.25, 0.3) is 6.71 Å². The number of hydrogen-bond acceptors (Lipinski definition) is 5. The molecule has 0 unspecified atom stereocenters. The molecule has 0 amide bonds. The van der Waals surface area contributed by atoms with Crippen molar-refractivity contribution >= 4 is 12.5 Å². The highest BCUT2D eigenvalue weighted by molar-refractivity contribution is 6.67. The van der Waals surface area contributed by atoms with Gasteiger partial charge in [0.1, 0.15) is 5.82 Å². The van der Waals surface area contributed by atoms with E-state index in [1.165, 1.54) is 7.11 Å². The molecule has 1 aromatic rings. The number of pyridine rings is 1. The van der Waals surface area contributed by atoms with Crippen molar-refractivity contribution in [2.24, 2.45) is 0 Å². The van der Waals surface area contributed by atoms with Gasteiger partial charge in [-0.3, -0.25) is 0 Å². The smallest absolute Gasteiger partial charge is 0.271 e. The fourth-order valence-electron chi connectivity index (χ4n) is 2.06. The zero-order chi connectivity index (χ0) is 13.0. The maximum absolute atomic E-state index is 8.97. The van der Waals surface area contributed by atoms with Crippen LogP contribution in [-0.2, 0) is 0 Å². The van der Waals surface area contributed by atoms with Crippen LogP contribution in [0.25, 0.3) is 0 Å². The second-order valence-corrected chi connectivity index (χ2v) is 4.26. The van der Waals surface area contributed by atoms with Crippen molar-refractivity contribution in [3.63, 3.8) is 0 Å². The van der Waals surface area contributed by atoms with Gasteiger partial charge in [0.2, 0.25) is 5.88 Å². The van der Waals surface area contributed by atoms with Gasteiger partial charge in [-0.25, -0.2) is 5.26 Å². The summed E-state index contributed by atoms with van der Waals surface area (Å²) in [5.74, 6) is 3.50. The van der Waals surface area contributed by atoms with Crippen LogP contribution in [0, 0.1) is 22.6 Å². The van der Waals surface area contributed by atoms with E-state index in [4.69, 9.17) is 15.3 Å². The predicted octanol–water partition coefficient (Wildman–Crippen LogP) is 1.34. The van der Waals surface area contributed by atoms with E-state index in [2.05, 4.69) is 21.9 Å². The zero-order valence-electron chi connectivity index (χ0n) is 10.3. The Hall–Kier alpha value is -2.21. The van der Waals surface area contributed by atoms with E-state index in [0.29, 0.717) is 11.4 Å². The summed E-state index contributed by atoms with van der Waals surface area (Å²) in [6, 6.07) is 5.48. The third kappa shape index (κ3) is 2.54. The molecule has 2 rings (SSSR count). The molecule has 5 nitrogen and oxygen atoms in total. The Kier molecular flexibility index (Phi) is 3.69. The minimum Gasteiger partial charge on any atom is -0.481 e. The van der Waals surface area contributed by atoms with Crippen LogP contribution in [0.15, 0.2) is 12.1 Å². The highest BCUT2D eigenvalue weighted by atomic mass is 16.5. The predicted molar refractivity (Wildman–Crippen MR) is 68.7 cm³/mol. The van der Waals surface area contributed by atoms with Gasteiger partial charge in [-0.2, -0.15) is 10.2 Å². The quantitative estimate of drug-likeness (QED) is 0.729. The first-order chi connectivity index (χ1) is 8.76. The highest BCUT2D eigenvalue weighted by Crippen LogP contribution is 2.22. The number of methoxy groups -OCH3 is 1. The minimum atomic E-state index is 0.141. The normalized spacial score (nSPS) is 14.8. The van der Waals surface area contributed by atoms with Crippen LogP contribution in [0.4, 0.5) is 5.82 Å². The summed E-state index contributed by atoms with van der Waals surface area (Å²) in [7, 11) is 1.54. The molecule has 1 fully saturated rings. The minimum absolute atomic E-state index is 0.141. The fourth-order valence-corrected chi connectivity index (χ4v) is 2.06. The van der Waals surface area contributed by atoms with Crippen molar-refractivity contribution in [1.29, 1.82) is 10.5 Å². The van der Waals surface area contributed by atoms with E-state index in [9.17, 15) is 0 Å². The molecule has 1 saturated heterocycles. The van der Waals surface area contributed by atoms with Crippen molar-refractivity contribution in [1.82, 2.24) is 4.98 Å². The largest absolute Gasteiger partial charge is 0.481 e. The molecule has 0 saturated carbocycles. The van der Waals surface area contributed by atoms with Crippen molar-refractivity contribution in [3.05, 3.63) is 17.7 Å². The van der Waals surface area contributed by atoms with E-state index in [0.717, 1.165) is 31.5 Å². The molecule has 1 aromatic heterocycles. The lowest BCUT2D eigenvalue weighted by atomic mass is 9.45. The lowest BCUT2D eigenvalue weighted by Crippen LogP contribution is -2.37. The van der Waals surface area contributed by atoms with Crippen molar-refractivity contribution in [2.45, 2.75) is 12.6 Å². The van der Waals surface area contributed by atoms with Gasteiger partial charge in [0, 0.05) is 25.1 Å². The van der Waals surface area contributed by atoms with E-state index >= 15 is 0 Å². The van der Waals surface area contributed by atoms with E-state index < -0.39 is 0 Å². The summed E-state index contributed by atoms with van der Waals surface area (Å²) >= 11 is 0. The Morgan fingerprint density at radius 3 is 2.61 bits per heavy atom. The molecule has 6 heteroatoms. The lowest BCUT2D eigenvalue weighted by molar-refractivity contribution is 0.397. The van der Waals surface area contributed by atoms with Crippen molar-refractivity contribution < 1.29 is 4.74 Å². The summed E-state index contributed by atoms with van der Waals surface area (Å²) in [5, 5.41) is 17.8. The SMILES string of the molecule is COc1cc(C#N)cc(N2CCB(C#N)CC2)n1. The van der Waals surface area contributed by atoms with Gasteiger partial charge < -0.3 is 9.64 Å². The molecule has 1 aliphatic heterocycles. The van der Waals surface area contributed by atoms with Crippen LogP contribution >= 0.6 is 0 Å². The van der Waals surface area contributed by atoms with Crippen molar-refractivity contribution in [3.8, 4) is 17.9 Å². The number of nitriles is 2. The molecule has 0 N–H and O–H groups in total. The maximum Gasteiger partial charge on any atom is 0.271 e. The Bertz CT molecular complexity index is 512. The molecule has 0 aromatic carbocycles. The van der Waals surface area contributed by atoms with Gasteiger partial charge in [-0.05, 0) is 18.7 Å². The third-order valence-electron chi connectivity index (χ3n) is 3.13. The van der Waals surface area contributed by atoms with Gasteiger partial charge in [-0.1, -0.05) is 0 Å². The zero-order valence-corrected chi connectivity index (χ0v) is 10.3. The number of rotatable bonds is 2. The number of aromatic nitrogens is 1. The number of anilines is 1. The molecule has 0 aliphatic carbocycles. The Labute approximate surface area is 107 Å². The summed E-state index contributed by atoms with van der Waals surface area (Å²) < 4.78 is 5.09. The molecule has 2 heterocycles. The molecular formula is C12H13BN4O. The molecule has 0 atom stereocenters. The summed E-state index contributed by atoms with van der Waals surface area (Å²) in [4.78, 5) is 6.44. The van der Waals surface area contributed by atoms with Gasteiger partial charge in [-0.15, -0.1) is 0 Å². The number of nitrogens with zero attached hydrogens (tertiary/aromatic N) is 4. The maximum atomic E-state index is 8.97. The van der Waals surface area contributed by atoms with Crippen molar-refractivity contribution in [2.75, 3.05) is 25.1 Å². The van der Waals surface area contributed by atoms with Crippen LogP contribution < -0.4 is 9.64 Å². The molecule has 0 radical (unpaired) electrons. The second kappa shape index (κ2) is 5.42. The van der Waals surface area contributed by atoms with E-state index in [-0.39, 0.29) is 6.71 Å². The van der Waals surface area contributed by atoms with Gasteiger partial charge in [0.05, 0.1) is 18.7 Å². The number of ether oxygens (including phenoxy) is 1. The molecule has 0 spiro atoms. The second-order valence-electron chi connectivity index (χ2n) is 4.26. The van der Waals surface area contributed by atoms with Crippen LogP contribution in [0.3, 0.4) is 0 Å². The first-order valence-electron chi connectivity index (χ1n) is 5.87. The first-order valence-corrected chi connectivity index (χ1v) is 5.87. The van der Waals surface area contributed by atoms with Gasteiger partial charge in [0.15, 0.2) is 0 Å². The number of hydrogen-bond donors (Lipinski definition) is 0. The average molecular weight is 240 g/mol. The van der Waals surface area contributed by atoms with Crippen LogP contribution in [-0.4, -0.2) is 31.9 Å². The monoisotopic (exact) mass is 240 g/mol. The van der Waals surface area contributed by atoms with Crippen LogP contribution in [0.1, 0.15) is 5.56 Å². The third-order valence-corrected chi connectivity index (χ3v) is 3.13. The molecule has 90 valence electrons. The lowest BCUT2D eigenvalue weighted by Gasteiger charge is -2.29. The summed E-state index contributed by atoms with van der Waals surface area (Å²) in [5.41, 5.74) is 0.541. The highest BCUT2D eigenvalue weighted by Gasteiger charge is 2.23. The first kappa shape index (κ1) is 12.3. The molecule has 1 aliphatic rings. The topological polar surface area (TPSA) is 72.9 Å². The average Bonchev–Trinajstić information content (AvgIpc) is 2.46. The Morgan fingerprint density at radius 2 is 2.06 bits per heavy atom. The Balaban J connectivity index is 2.19.